The first-order chi connectivity index (χ1) is 12.5. The van der Waals surface area contributed by atoms with E-state index in [1.165, 1.54) is 0 Å². The van der Waals surface area contributed by atoms with Crippen LogP contribution in [-0.4, -0.2) is 48.8 Å². The predicted molar refractivity (Wildman–Crippen MR) is 94.9 cm³/mol. The number of hydrogen-bond donors (Lipinski definition) is 1. The van der Waals surface area contributed by atoms with Crippen LogP contribution in [0.3, 0.4) is 0 Å². The molecule has 0 aromatic carbocycles. The van der Waals surface area contributed by atoms with Gasteiger partial charge in [-0.3, -0.25) is 9.59 Å². The summed E-state index contributed by atoms with van der Waals surface area (Å²) in [5.41, 5.74) is -0.712. The predicted octanol–water partition coefficient (Wildman–Crippen LogP) is 1.86. The lowest BCUT2D eigenvalue weighted by atomic mass is 9.81. The summed E-state index contributed by atoms with van der Waals surface area (Å²) in [7, 11) is 3.49. The van der Waals surface area contributed by atoms with Crippen LogP contribution in [0.4, 0.5) is 0 Å². The number of amides is 2. The Bertz CT molecular complexity index is 718. The van der Waals surface area contributed by atoms with Gasteiger partial charge in [0, 0.05) is 27.1 Å². The van der Waals surface area contributed by atoms with Gasteiger partial charge in [-0.25, -0.2) is 0 Å². The molecule has 0 saturated carbocycles. The minimum absolute atomic E-state index is 0.0290. The molecule has 0 aliphatic carbocycles. The van der Waals surface area contributed by atoms with Crippen molar-refractivity contribution >= 4 is 11.8 Å². The lowest BCUT2D eigenvalue weighted by Gasteiger charge is -2.32. The van der Waals surface area contributed by atoms with Gasteiger partial charge in [0.1, 0.15) is 11.5 Å². The van der Waals surface area contributed by atoms with Crippen LogP contribution in [0.15, 0.2) is 45.6 Å². The number of carbonyl (C=O) groups excluding carboxylic acids is 2. The van der Waals surface area contributed by atoms with Crippen LogP contribution in [0, 0.1) is 5.41 Å². The van der Waals surface area contributed by atoms with Gasteiger partial charge in [-0.1, -0.05) is 0 Å². The second-order valence-electron chi connectivity index (χ2n) is 6.95. The van der Waals surface area contributed by atoms with Gasteiger partial charge in [0.2, 0.25) is 11.8 Å². The molecule has 0 bridgehead atoms. The van der Waals surface area contributed by atoms with E-state index < -0.39 is 5.41 Å². The Labute approximate surface area is 152 Å². The molecule has 7 nitrogen and oxygen atoms in total. The minimum atomic E-state index is -0.712. The van der Waals surface area contributed by atoms with Crippen molar-refractivity contribution in [2.45, 2.75) is 25.9 Å². The number of nitrogens with zero attached hydrogens (tertiary/aromatic N) is 2. The Hall–Kier alpha value is -2.54. The maximum absolute atomic E-state index is 13.1. The SMILES string of the molecule is CN(Cc1ccco1)C(=O)CC1(C(=O)N(C)Cc2ccco2)CCNC1. The van der Waals surface area contributed by atoms with E-state index in [-0.39, 0.29) is 18.2 Å². The number of carbonyl (C=O) groups is 2. The smallest absolute Gasteiger partial charge is 0.230 e. The molecular weight excluding hydrogens is 334 g/mol. The van der Waals surface area contributed by atoms with Gasteiger partial charge in [0.05, 0.1) is 31.0 Å². The number of hydrogen-bond acceptors (Lipinski definition) is 5. The zero-order valence-electron chi connectivity index (χ0n) is 15.2. The van der Waals surface area contributed by atoms with Gasteiger partial charge in [-0.2, -0.15) is 0 Å². The van der Waals surface area contributed by atoms with Gasteiger partial charge >= 0.3 is 0 Å². The van der Waals surface area contributed by atoms with Gasteiger partial charge in [0.25, 0.3) is 0 Å². The van der Waals surface area contributed by atoms with E-state index in [1.807, 2.05) is 12.1 Å². The number of nitrogens with one attached hydrogen (secondary N) is 1. The number of furan rings is 2. The largest absolute Gasteiger partial charge is 0.467 e. The molecule has 1 aliphatic heterocycles. The maximum atomic E-state index is 13.1. The van der Waals surface area contributed by atoms with Gasteiger partial charge in [-0.15, -0.1) is 0 Å². The Morgan fingerprint density at radius 1 is 1.08 bits per heavy atom. The standard InChI is InChI=1S/C19H25N3O4/c1-21(12-15-5-3-9-25-15)17(23)11-19(7-8-20-14-19)18(24)22(2)13-16-6-4-10-26-16/h3-6,9-10,20H,7-8,11-14H2,1-2H3. The van der Waals surface area contributed by atoms with Crippen LogP contribution in [0.1, 0.15) is 24.4 Å². The highest BCUT2D eigenvalue weighted by Gasteiger charge is 2.45. The average molecular weight is 359 g/mol. The van der Waals surface area contributed by atoms with E-state index in [0.29, 0.717) is 26.1 Å². The summed E-state index contributed by atoms with van der Waals surface area (Å²) in [6.07, 6.45) is 4.00. The zero-order chi connectivity index (χ0) is 18.6. The first-order valence-corrected chi connectivity index (χ1v) is 8.75. The molecule has 1 N–H and O–H groups in total. The third kappa shape index (κ3) is 3.99. The van der Waals surface area contributed by atoms with E-state index in [4.69, 9.17) is 8.83 Å². The fourth-order valence-electron chi connectivity index (χ4n) is 3.41. The van der Waals surface area contributed by atoms with Crippen LogP contribution in [0.25, 0.3) is 0 Å². The summed E-state index contributed by atoms with van der Waals surface area (Å²) in [6, 6.07) is 7.27. The highest BCUT2D eigenvalue weighted by atomic mass is 16.3. The second kappa shape index (κ2) is 7.78. The van der Waals surface area contributed by atoms with E-state index in [1.54, 1.807) is 48.6 Å². The molecule has 3 heterocycles. The number of rotatable bonds is 7. The molecule has 2 amide bonds. The summed E-state index contributed by atoms with van der Waals surface area (Å²) in [4.78, 5) is 29.1. The zero-order valence-corrected chi connectivity index (χ0v) is 15.2. The lowest BCUT2D eigenvalue weighted by molar-refractivity contribution is -0.146. The summed E-state index contributed by atoms with van der Waals surface area (Å²) >= 11 is 0. The molecular formula is C19H25N3O4. The molecule has 140 valence electrons. The molecule has 1 unspecified atom stereocenters. The fourth-order valence-corrected chi connectivity index (χ4v) is 3.41. The average Bonchev–Trinajstić information content (AvgIpc) is 3.37. The van der Waals surface area contributed by atoms with Crippen molar-refractivity contribution < 1.29 is 18.4 Å². The second-order valence-corrected chi connectivity index (χ2v) is 6.95. The molecule has 1 aliphatic rings. The maximum Gasteiger partial charge on any atom is 0.230 e. The lowest BCUT2D eigenvalue weighted by Crippen LogP contribution is -2.46. The third-order valence-electron chi connectivity index (χ3n) is 4.91. The first kappa shape index (κ1) is 18.3. The van der Waals surface area contributed by atoms with Crippen LogP contribution in [-0.2, 0) is 22.7 Å². The molecule has 2 aromatic heterocycles. The highest BCUT2D eigenvalue weighted by Crippen LogP contribution is 2.33. The fraction of sp³-hybridized carbons (Fsp3) is 0.474. The summed E-state index contributed by atoms with van der Waals surface area (Å²) in [6.45, 7) is 2.03. The van der Waals surface area contributed by atoms with Gasteiger partial charge in [-0.05, 0) is 37.2 Å². The Kier molecular flexibility index (Phi) is 5.46. The van der Waals surface area contributed by atoms with Crippen LogP contribution in [0.5, 0.6) is 0 Å². The topological polar surface area (TPSA) is 78.9 Å². The van der Waals surface area contributed by atoms with Crippen molar-refractivity contribution in [3.63, 3.8) is 0 Å². The quantitative estimate of drug-likeness (QED) is 0.816. The molecule has 0 spiro atoms. The van der Waals surface area contributed by atoms with Gasteiger partial charge < -0.3 is 24.0 Å². The Balaban J connectivity index is 1.66. The molecule has 7 heteroatoms. The van der Waals surface area contributed by atoms with Crippen LogP contribution < -0.4 is 5.32 Å². The molecule has 3 rings (SSSR count). The van der Waals surface area contributed by atoms with Crippen molar-refractivity contribution in [3.05, 3.63) is 48.3 Å². The minimum Gasteiger partial charge on any atom is -0.467 e. The molecule has 0 radical (unpaired) electrons. The Morgan fingerprint density at radius 2 is 1.69 bits per heavy atom. The normalized spacial score (nSPS) is 19.5. The monoisotopic (exact) mass is 359 g/mol. The molecule has 1 saturated heterocycles. The van der Waals surface area contributed by atoms with Crippen LogP contribution >= 0.6 is 0 Å². The van der Waals surface area contributed by atoms with Crippen molar-refractivity contribution in [1.29, 1.82) is 0 Å². The summed E-state index contributed by atoms with van der Waals surface area (Å²) in [5.74, 6) is 1.35. The van der Waals surface area contributed by atoms with E-state index in [0.717, 1.165) is 18.1 Å². The van der Waals surface area contributed by atoms with Crippen molar-refractivity contribution in [2.75, 3.05) is 27.2 Å². The van der Waals surface area contributed by atoms with Crippen molar-refractivity contribution in [2.24, 2.45) is 5.41 Å². The first-order valence-electron chi connectivity index (χ1n) is 8.75. The molecule has 1 fully saturated rings. The molecule has 1 atom stereocenters. The summed E-state index contributed by atoms with van der Waals surface area (Å²) < 4.78 is 10.6. The molecule has 26 heavy (non-hydrogen) atoms. The Morgan fingerprint density at radius 3 is 2.19 bits per heavy atom. The van der Waals surface area contributed by atoms with Crippen molar-refractivity contribution in [1.82, 2.24) is 15.1 Å². The molecule has 2 aromatic rings. The van der Waals surface area contributed by atoms with Crippen LogP contribution in [0.2, 0.25) is 0 Å². The third-order valence-corrected chi connectivity index (χ3v) is 4.91. The van der Waals surface area contributed by atoms with Crippen molar-refractivity contribution in [3.8, 4) is 0 Å². The highest BCUT2D eigenvalue weighted by molar-refractivity contribution is 5.89. The summed E-state index contributed by atoms with van der Waals surface area (Å²) in [5, 5.41) is 3.24. The van der Waals surface area contributed by atoms with E-state index in [9.17, 15) is 9.59 Å². The van der Waals surface area contributed by atoms with E-state index in [2.05, 4.69) is 5.32 Å². The van der Waals surface area contributed by atoms with E-state index >= 15 is 0 Å². The van der Waals surface area contributed by atoms with Gasteiger partial charge in [0.15, 0.2) is 0 Å².